The summed E-state index contributed by atoms with van der Waals surface area (Å²) in [5, 5.41) is 0. The van der Waals surface area contributed by atoms with Crippen LogP contribution < -0.4 is 0 Å². The van der Waals surface area contributed by atoms with E-state index in [1.54, 1.807) is 0 Å². The Bertz CT molecular complexity index is 535. The fourth-order valence-electron chi connectivity index (χ4n) is 1.60. The lowest BCUT2D eigenvalue weighted by Gasteiger charge is -2.03. The first-order valence-corrected chi connectivity index (χ1v) is 5.07. The highest BCUT2D eigenvalue weighted by Gasteiger charge is 2.03. The number of nitrogens with zero attached hydrogens (tertiary/aromatic N) is 2. The molecular weight excluding hydrogens is 200 g/mol. The molecule has 3 nitrogen and oxygen atoms in total. The van der Waals surface area contributed by atoms with Crippen LogP contribution in [0.25, 0.3) is 11.3 Å². The normalized spacial score (nSPS) is 10.1. The van der Waals surface area contributed by atoms with Crippen molar-refractivity contribution in [3.63, 3.8) is 0 Å². The van der Waals surface area contributed by atoms with Crippen LogP contribution in [-0.4, -0.2) is 16.3 Å². The smallest absolute Gasteiger partial charge is 0.193 e. The molecule has 80 valence electrons. The van der Waals surface area contributed by atoms with Gasteiger partial charge in [0, 0.05) is 11.3 Å². The molecule has 0 amide bonds. The Morgan fingerprint density at radius 2 is 1.94 bits per heavy atom. The van der Waals surface area contributed by atoms with Gasteiger partial charge in [0.15, 0.2) is 12.1 Å². The zero-order valence-electron chi connectivity index (χ0n) is 9.27. The molecule has 0 fully saturated rings. The molecule has 16 heavy (non-hydrogen) atoms. The zero-order valence-corrected chi connectivity index (χ0v) is 9.27. The molecule has 0 aliphatic heterocycles. The van der Waals surface area contributed by atoms with Crippen molar-refractivity contribution >= 4 is 6.29 Å². The van der Waals surface area contributed by atoms with Gasteiger partial charge >= 0.3 is 0 Å². The molecule has 0 radical (unpaired) electrons. The molecule has 0 saturated heterocycles. The van der Waals surface area contributed by atoms with Gasteiger partial charge in [-0.2, -0.15) is 0 Å². The molecule has 1 aromatic heterocycles. The van der Waals surface area contributed by atoms with Gasteiger partial charge in [-0.25, -0.2) is 9.97 Å². The van der Waals surface area contributed by atoms with Gasteiger partial charge in [-0.1, -0.05) is 23.8 Å². The fourth-order valence-corrected chi connectivity index (χ4v) is 1.60. The molecule has 0 N–H and O–H groups in total. The van der Waals surface area contributed by atoms with Crippen LogP contribution in [-0.2, 0) is 0 Å². The Hall–Kier alpha value is -2.03. The molecule has 0 saturated carbocycles. The van der Waals surface area contributed by atoms with Crippen molar-refractivity contribution < 1.29 is 4.79 Å². The van der Waals surface area contributed by atoms with Crippen molar-refractivity contribution in [2.75, 3.05) is 0 Å². The van der Waals surface area contributed by atoms with Crippen LogP contribution in [0, 0.1) is 13.8 Å². The maximum atomic E-state index is 10.7. The average Bonchev–Trinajstić information content (AvgIpc) is 2.28. The van der Waals surface area contributed by atoms with Gasteiger partial charge < -0.3 is 0 Å². The molecule has 3 heteroatoms. The quantitative estimate of drug-likeness (QED) is 0.718. The monoisotopic (exact) mass is 212 g/mol. The summed E-state index contributed by atoms with van der Waals surface area (Å²) in [6, 6.07) is 9.89. The zero-order chi connectivity index (χ0) is 11.5. The van der Waals surface area contributed by atoms with Crippen molar-refractivity contribution in [2.45, 2.75) is 13.8 Å². The van der Waals surface area contributed by atoms with Crippen LogP contribution in [0.2, 0.25) is 0 Å². The van der Waals surface area contributed by atoms with Crippen molar-refractivity contribution in [1.82, 2.24) is 9.97 Å². The maximum absolute atomic E-state index is 10.7. The number of carbonyl (C=O) groups excluding carboxylic acids is 1. The predicted octanol–water partition coefficient (Wildman–Crippen LogP) is 2.57. The summed E-state index contributed by atoms with van der Waals surface area (Å²) < 4.78 is 0. The Morgan fingerprint density at radius 3 is 2.62 bits per heavy atom. The van der Waals surface area contributed by atoms with Crippen molar-refractivity contribution in [3.05, 3.63) is 47.4 Å². The van der Waals surface area contributed by atoms with Crippen LogP contribution in [0.4, 0.5) is 0 Å². The molecule has 0 aliphatic carbocycles. The number of aryl methyl sites for hydroxylation is 2. The lowest BCUT2D eigenvalue weighted by molar-refractivity contribution is 0.111. The highest BCUT2D eigenvalue weighted by Crippen LogP contribution is 2.18. The van der Waals surface area contributed by atoms with E-state index in [4.69, 9.17) is 0 Å². The molecule has 0 unspecified atom stereocenters. The standard InChI is InChI=1S/C13H12N2O/c1-9-4-3-5-11(6-9)12-7-10(2)14-13(8-16)15-12/h3-8H,1-2H3. The first-order valence-electron chi connectivity index (χ1n) is 5.07. The predicted molar refractivity (Wildman–Crippen MR) is 62.3 cm³/mol. The minimum absolute atomic E-state index is 0.233. The number of hydrogen-bond donors (Lipinski definition) is 0. The van der Waals surface area contributed by atoms with Gasteiger partial charge in [-0.05, 0) is 26.0 Å². The minimum atomic E-state index is 0.233. The summed E-state index contributed by atoms with van der Waals surface area (Å²) in [4.78, 5) is 18.9. The Morgan fingerprint density at radius 1 is 1.12 bits per heavy atom. The second-order valence-corrected chi connectivity index (χ2v) is 3.74. The molecule has 2 rings (SSSR count). The lowest BCUT2D eigenvalue weighted by Crippen LogP contribution is -1.97. The minimum Gasteiger partial charge on any atom is -0.294 e. The van der Waals surface area contributed by atoms with E-state index >= 15 is 0 Å². The van der Waals surface area contributed by atoms with E-state index in [0.29, 0.717) is 6.29 Å². The number of aromatic nitrogens is 2. The molecule has 2 aromatic rings. The van der Waals surface area contributed by atoms with Gasteiger partial charge in [-0.3, -0.25) is 4.79 Å². The Balaban J connectivity index is 2.55. The first kappa shape index (κ1) is 10.5. The van der Waals surface area contributed by atoms with E-state index in [2.05, 4.69) is 9.97 Å². The van der Waals surface area contributed by atoms with Crippen LogP contribution in [0.15, 0.2) is 30.3 Å². The topological polar surface area (TPSA) is 42.9 Å². The van der Waals surface area contributed by atoms with E-state index in [1.807, 2.05) is 44.2 Å². The van der Waals surface area contributed by atoms with Crippen molar-refractivity contribution in [2.24, 2.45) is 0 Å². The summed E-state index contributed by atoms with van der Waals surface area (Å²) >= 11 is 0. The third-order valence-electron chi connectivity index (χ3n) is 2.29. The summed E-state index contributed by atoms with van der Waals surface area (Å²) in [6.07, 6.45) is 0.673. The first-order chi connectivity index (χ1) is 7.69. The Kier molecular flexibility index (Phi) is 2.77. The molecule has 0 atom stereocenters. The molecule has 0 bridgehead atoms. The number of hydrogen-bond acceptors (Lipinski definition) is 3. The van der Waals surface area contributed by atoms with Gasteiger partial charge in [-0.15, -0.1) is 0 Å². The third kappa shape index (κ3) is 2.14. The van der Waals surface area contributed by atoms with Gasteiger partial charge in [0.1, 0.15) is 0 Å². The van der Waals surface area contributed by atoms with Crippen LogP contribution >= 0.6 is 0 Å². The van der Waals surface area contributed by atoms with Crippen LogP contribution in [0.5, 0.6) is 0 Å². The number of aldehydes is 1. The van der Waals surface area contributed by atoms with Crippen LogP contribution in [0.1, 0.15) is 21.9 Å². The molecule has 0 spiro atoms. The van der Waals surface area contributed by atoms with Crippen LogP contribution in [0.3, 0.4) is 0 Å². The largest absolute Gasteiger partial charge is 0.294 e. The van der Waals surface area contributed by atoms with Crippen molar-refractivity contribution in [3.8, 4) is 11.3 Å². The van der Waals surface area contributed by atoms with E-state index < -0.39 is 0 Å². The summed E-state index contributed by atoms with van der Waals surface area (Å²) in [6.45, 7) is 3.88. The summed E-state index contributed by atoms with van der Waals surface area (Å²) in [5.41, 5.74) is 3.77. The fraction of sp³-hybridized carbons (Fsp3) is 0.154. The number of carbonyl (C=O) groups is 1. The Labute approximate surface area is 94.2 Å². The number of rotatable bonds is 2. The number of benzene rings is 1. The van der Waals surface area contributed by atoms with E-state index in [9.17, 15) is 4.79 Å². The third-order valence-corrected chi connectivity index (χ3v) is 2.29. The molecular formula is C13H12N2O. The molecule has 1 aromatic carbocycles. The summed E-state index contributed by atoms with van der Waals surface area (Å²) in [5.74, 6) is 0.233. The van der Waals surface area contributed by atoms with Gasteiger partial charge in [0.25, 0.3) is 0 Å². The lowest BCUT2D eigenvalue weighted by atomic mass is 10.1. The average molecular weight is 212 g/mol. The van der Waals surface area contributed by atoms with E-state index in [1.165, 1.54) is 5.56 Å². The molecule has 1 heterocycles. The van der Waals surface area contributed by atoms with Crippen molar-refractivity contribution in [1.29, 1.82) is 0 Å². The maximum Gasteiger partial charge on any atom is 0.193 e. The molecule has 0 aliphatic rings. The second-order valence-electron chi connectivity index (χ2n) is 3.74. The van der Waals surface area contributed by atoms with Gasteiger partial charge in [0.05, 0.1) is 5.69 Å². The van der Waals surface area contributed by atoms with Gasteiger partial charge in [0.2, 0.25) is 0 Å². The van der Waals surface area contributed by atoms with E-state index in [0.717, 1.165) is 17.0 Å². The SMILES string of the molecule is Cc1cccc(-c2cc(C)nc(C=O)n2)c1. The summed E-state index contributed by atoms with van der Waals surface area (Å²) in [7, 11) is 0. The highest BCUT2D eigenvalue weighted by atomic mass is 16.1. The van der Waals surface area contributed by atoms with E-state index in [-0.39, 0.29) is 5.82 Å². The second kappa shape index (κ2) is 4.23. The highest BCUT2D eigenvalue weighted by molar-refractivity contribution is 5.71.